The van der Waals surface area contributed by atoms with Gasteiger partial charge in [-0.3, -0.25) is 4.98 Å². The topological polar surface area (TPSA) is 57.7 Å². The Morgan fingerprint density at radius 1 is 0.906 bits per heavy atom. The molecule has 1 heterocycles. The Morgan fingerprint density at radius 3 is 2.53 bits per heavy atom. The van der Waals surface area contributed by atoms with Crippen LogP contribution in [0.3, 0.4) is 0 Å². The second-order valence-corrected chi connectivity index (χ2v) is 7.82. The van der Waals surface area contributed by atoms with Crippen molar-refractivity contribution in [3.8, 4) is 11.5 Å². The molecule has 0 aliphatic carbocycles. The highest BCUT2D eigenvalue weighted by Crippen LogP contribution is 2.24. The zero-order valence-corrected chi connectivity index (χ0v) is 18.0. The first kappa shape index (κ1) is 21.5. The van der Waals surface area contributed by atoms with Crippen molar-refractivity contribution in [2.75, 3.05) is 5.75 Å². The molecule has 0 atom stereocenters. The molecule has 1 aromatic heterocycles. The first-order valence-electron chi connectivity index (χ1n) is 10.0. The van der Waals surface area contributed by atoms with Gasteiger partial charge in [-0.05, 0) is 48.0 Å². The zero-order chi connectivity index (χ0) is 22.0. The highest BCUT2D eigenvalue weighted by molar-refractivity contribution is 7.99. The van der Waals surface area contributed by atoms with Crippen LogP contribution < -0.4 is 9.47 Å². The van der Waals surface area contributed by atoms with Crippen LogP contribution in [0.15, 0.2) is 108 Å². The third-order valence-electron chi connectivity index (χ3n) is 4.47. The first-order valence-corrected chi connectivity index (χ1v) is 11.0. The summed E-state index contributed by atoms with van der Waals surface area (Å²) in [7, 11) is 0. The molecule has 0 aliphatic rings. The van der Waals surface area contributed by atoms with E-state index in [4.69, 9.17) is 14.2 Å². The maximum atomic E-state index is 12.1. The van der Waals surface area contributed by atoms with E-state index in [1.54, 1.807) is 30.3 Å². The fourth-order valence-corrected chi connectivity index (χ4v) is 3.63. The summed E-state index contributed by atoms with van der Waals surface area (Å²) in [4.78, 5) is 17.6. The molecular weight excluding hydrogens is 422 g/mol. The van der Waals surface area contributed by atoms with Gasteiger partial charge in [-0.1, -0.05) is 42.5 Å². The van der Waals surface area contributed by atoms with Gasteiger partial charge in [0.05, 0.1) is 11.8 Å². The number of pyridine rings is 1. The largest absolute Gasteiger partial charge is 0.514 e. The SMILES string of the molecule is O=C(OCc1ccc(OC=CCSc2ccccc2)cc1)Oc1ccnc2ccccc12. The zero-order valence-electron chi connectivity index (χ0n) is 17.2. The lowest BCUT2D eigenvalue weighted by Gasteiger charge is -2.08. The summed E-state index contributed by atoms with van der Waals surface area (Å²) in [6.07, 6.45) is 4.48. The number of para-hydroxylation sites is 1. The van der Waals surface area contributed by atoms with Gasteiger partial charge in [0, 0.05) is 28.3 Å². The average Bonchev–Trinajstić information content (AvgIpc) is 2.84. The van der Waals surface area contributed by atoms with E-state index in [2.05, 4.69) is 17.1 Å². The van der Waals surface area contributed by atoms with Crippen molar-refractivity contribution in [3.05, 3.63) is 109 Å². The van der Waals surface area contributed by atoms with E-state index < -0.39 is 6.16 Å². The number of carbonyl (C=O) groups is 1. The number of fused-ring (bicyclic) bond motifs is 1. The molecule has 0 amide bonds. The first-order chi connectivity index (χ1) is 15.8. The third kappa shape index (κ3) is 6.12. The number of hydrogen-bond donors (Lipinski definition) is 0. The minimum atomic E-state index is -0.763. The van der Waals surface area contributed by atoms with Gasteiger partial charge in [0.2, 0.25) is 0 Å². The fraction of sp³-hybridized carbons (Fsp3) is 0.0769. The Balaban J connectivity index is 1.22. The molecule has 0 N–H and O–H groups in total. The van der Waals surface area contributed by atoms with Gasteiger partial charge >= 0.3 is 6.16 Å². The van der Waals surface area contributed by atoms with Crippen molar-refractivity contribution in [1.29, 1.82) is 0 Å². The quantitative estimate of drug-likeness (QED) is 0.173. The predicted molar refractivity (Wildman–Crippen MR) is 126 cm³/mol. The van der Waals surface area contributed by atoms with Crippen LogP contribution in [0.1, 0.15) is 5.56 Å². The van der Waals surface area contributed by atoms with E-state index in [9.17, 15) is 4.79 Å². The molecule has 0 unspecified atom stereocenters. The maximum Gasteiger partial charge on any atom is 0.514 e. The number of hydrogen-bond acceptors (Lipinski definition) is 6. The van der Waals surface area contributed by atoms with Gasteiger partial charge in [-0.2, -0.15) is 0 Å². The van der Waals surface area contributed by atoms with Crippen LogP contribution in [0.2, 0.25) is 0 Å². The summed E-state index contributed by atoms with van der Waals surface area (Å²) in [6.45, 7) is 0.103. The van der Waals surface area contributed by atoms with E-state index in [0.29, 0.717) is 11.5 Å². The number of benzene rings is 3. The molecular formula is C26H21NO4S. The van der Waals surface area contributed by atoms with Gasteiger partial charge in [0.1, 0.15) is 18.1 Å². The summed E-state index contributed by atoms with van der Waals surface area (Å²) in [5, 5.41) is 0.753. The Hall–Kier alpha value is -3.77. The van der Waals surface area contributed by atoms with Crippen LogP contribution in [0.25, 0.3) is 10.9 Å². The second kappa shape index (κ2) is 11.0. The molecule has 0 fully saturated rings. The van der Waals surface area contributed by atoms with Crippen LogP contribution in [0.4, 0.5) is 4.79 Å². The molecule has 6 heteroatoms. The van der Waals surface area contributed by atoms with E-state index >= 15 is 0 Å². The molecule has 0 spiro atoms. The van der Waals surface area contributed by atoms with E-state index in [1.165, 1.54) is 4.90 Å². The lowest BCUT2D eigenvalue weighted by molar-refractivity contribution is 0.0932. The predicted octanol–water partition coefficient (Wildman–Crippen LogP) is 6.64. The molecule has 4 aromatic rings. The Kier molecular flexibility index (Phi) is 7.39. The molecule has 0 saturated heterocycles. The Bertz CT molecular complexity index is 1190. The van der Waals surface area contributed by atoms with E-state index in [-0.39, 0.29) is 6.61 Å². The van der Waals surface area contributed by atoms with Crippen molar-refractivity contribution in [3.63, 3.8) is 0 Å². The molecule has 0 aliphatic heterocycles. The van der Waals surface area contributed by atoms with Gasteiger partial charge in [0.25, 0.3) is 0 Å². The molecule has 0 bridgehead atoms. The number of carbonyl (C=O) groups excluding carboxylic acids is 1. The summed E-state index contributed by atoms with van der Waals surface area (Å²) < 4.78 is 16.2. The summed E-state index contributed by atoms with van der Waals surface area (Å²) in [5.74, 6) is 1.95. The van der Waals surface area contributed by atoms with Gasteiger partial charge in [0.15, 0.2) is 0 Å². The number of nitrogens with zero attached hydrogens (tertiary/aromatic N) is 1. The minimum absolute atomic E-state index is 0.103. The number of aromatic nitrogens is 1. The van der Waals surface area contributed by atoms with Crippen molar-refractivity contribution in [2.24, 2.45) is 0 Å². The van der Waals surface area contributed by atoms with Crippen molar-refractivity contribution < 1.29 is 19.0 Å². The number of ether oxygens (including phenoxy) is 3. The average molecular weight is 444 g/mol. The normalized spacial score (nSPS) is 10.9. The molecule has 3 aromatic carbocycles. The van der Waals surface area contributed by atoms with Crippen molar-refractivity contribution >= 4 is 28.8 Å². The van der Waals surface area contributed by atoms with Gasteiger partial charge < -0.3 is 14.2 Å². The lowest BCUT2D eigenvalue weighted by atomic mass is 10.2. The highest BCUT2D eigenvalue weighted by Gasteiger charge is 2.10. The van der Waals surface area contributed by atoms with Crippen molar-refractivity contribution in [1.82, 2.24) is 4.98 Å². The van der Waals surface area contributed by atoms with E-state index in [0.717, 1.165) is 22.2 Å². The van der Waals surface area contributed by atoms with Gasteiger partial charge in [-0.15, -0.1) is 11.8 Å². The lowest BCUT2D eigenvalue weighted by Crippen LogP contribution is -2.10. The minimum Gasteiger partial charge on any atom is -0.465 e. The monoisotopic (exact) mass is 443 g/mol. The third-order valence-corrected chi connectivity index (χ3v) is 5.44. The Labute approximate surface area is 190 Å². The molecule has 32 heavy (non-hydrogen) atoms. The van der Waals surface area contributed by atoms with Crippen LogP contribution >= 0.6 is 11.8 Å². The van der Waals surface area contributed by atoms with E-state index in [1.807, 2.05) is 72.8 Å². The van der Waals surface area contributed by atoms with Crippen LogP contribution in [0, 0.1) is 0 Å². The van der Waals surface area contributed by atoms with Gasteiger partial charge in [-0.25, -0.2) is 4.79 Å². The highest BCUT2D eigenvalue weighted by atomic mass is 32.2. The molecule has 0 radical (unpaired) electrons. The fourth-order valence-electron chi connectivity index (χ4n) is 2.91. The van der Waals surface area contributed by atoms with Crippen LogP contribution in [-0.2, 0) is 11.3 Å². The second-order valence-electron chi connectivity index (χ2n) is 6.72. The molecule has 160 valence electrons. The smallest absolute Gasteiger partial charge is 0.465 e. The maximum absolute atomic E-state index is 12.1. The van der Waals surface area contributed by atoms with Crippen LogP contribution in [0.5, 0.6) is 11.5 Å². The summed E-state index contributed by atoms with van der Waals surface area (Å²) in [5.41, 5.74) is 1.58. The van der Waals surface area contributed by atoms with Crippen LogP contribution in [-0.4, -0.2) is 16.9 Å². The number of rotatable bonds is 8. The Morgan fingerprint density at radius 2 is 1.69 bits per heavy atom. The molecule has 0 saturated carbocycles. The standard InChI is InChI=1S/C26H21NO4S/c28-26(31-25-15-16-27-24-10-5-4-9-23(24)25)30-19-20-11-13-21(14-12-20)29-17-6-18-32-22-7-2-1-3-8-22/h1-17H,18-19H2. The molecule has 5 nitrogen and oxygen atoms in total. The van der Waals surface area contributed by atoms with Crippen molar-refractivity contribution in [2.45, 2.75) is 11.5 Å². The molecule has 4 rings (SSSR count). The summed E-state index contributed by atoms with van der Waals surface area (Å²) in [6, 6.07) is 26.6. The summed E-state index contributed by atoms with van der Waals surface area (Å²) >= 11 is 1.74. The number of thioether (sulfide) groups is 1.